The number of piperidine rings is 1. The van der Waals surface area contributed by atoms with Crippen LogP contribution in [-0.4, -0.2) is 48.2 Å². The number of carbonyl (C=O) groups excluding carboxylic acids is 1. The largest absolute Gasteiger partial charge is 0.468 e. The summed E-state index contributed by atoms with van der Waals surface area (Å²) in [5, 5.41) is 3.69. The SMILES string of the molecule is COC(=O)C(CN1[C@H](C)CCC[C@@H]1C)(NC1CC1)C1CC1. The van der Waals surface area contributed by atoms with Crippen LogP contribution in [0.4, 0.5) is 0 Å². The summed E-state index contributed by atoms with van der Waals surface area (Å²) in [4.78, 5) is 15.2. The van der Waals surface area contributed by atoms with Crippen LogP contribution in [0.2, 0.25) is 0 Å². The van der Waals surface area contributed by atoms with Crippen LogP contribution in [0.1, 0.15) is 58.8 Å². The number of hydrogen-bond acceptors (Lipinski definition) is 4. The van der Waals surface area contributed by atoms with Crippen molar-refractivity contribution in [2.45, 2.75) is 82.5 Å². The number of carbonyl (C=O) groups is 1. The van der Waals surface area contributed by atoms with Gasteiger partial charge in [0.05, 0.1) is 7.11 Å². The van der Waals surface area contributed by atoms with Gasteiger partial charge in [0.2, 0.25) is 0 Å². The Labute approximate surface area is 128 Å². The standard InChI is InChI=1S/C17H30N2O2/c1-12-5-4-6-13(2)19(12)11-17(14-7-8-14,16(20)21-3)18-15-9-10-15/h12-15,18H,4-11H2,1-3H3/t12-,13+,17?. The third-order valence-electron chi connectivity index (χ3n) is 5.67. The Morgan fingerprint density at radius 2 is 1.76 bits per heavy atom. The Kier molecular flexibility index (Phi) is 4.28. The summed E-state index contributed by atoms with van der Waals surface area (Å²) in [7, 11) is 1.54. The van der Waals surface area contributed by atoms with Crippen molar-refractivity contribution >= 4 is 5.97 Å². The van der Waals surface area contributed by atoms with Crippen LogP contribution in [0.25, 0.3) is 0 Å². The second-order valence-corrected chi connectivity index (χ2v) is 7.46. The van der Waals surface area contributed by atoms with Crippen LogP contribution in [0.15, 0.2) is 0 Å². The molecule has 4 nitrogen and oxygen atoms in total. The Bertz CT molecular complexity index is 382. The molecule has 1 saturated heterocycles. The molecule has 3 fully saturated rings. The topological polar surface area (TPSA) is 41.6 Å². The van der Waals surface area contributed by atoms with Crippen molar-refractivity contribution < 1.29 is 9.53 Å². The fraction of sp³-hybridized carbons (Fsp3) is 0.941. The summed E-state index contributed by atoms with van der Waals surface area (Å²) in [6, 6.07) is 1.66. The van der Waals surface area contributed by atoms with Gasteiger partial charge in [0, 0.05) is 24.7 Å². The number of likely N-dealkylation sites (tertiary alicyclic amines) is 1. The van der Waals surface area contributed by atoms with Gasteiger partial charge >= 0.3 is 5.97 Å². The predicted octanol–water partition coefficient (Wildman–Crippen LogP) is 2.32. The van der Waals surface area contributed by atoms with Gasteiger partial charge in [0.15, 0.2) is 0 Å². The Morgan fingerprint density at radius 3 is 2.24 bits per heavy atom. The number of nitrogens with one attached hydrogen (secondary N) is 1. The molecular weight excluding hydrogens is 264 g/mol. The maximum Gasteiger partial charge on any atom is 0.327 e. The first-order valence-corrected chi connectivity index (χ1v) is 8.68. The summed E-state index contributed by atoms with van der Waals surface area (Å²) < 4.78 is 5.23. The first kappa shape index (κ1) is 15.3. The van der Waals surface area contributed by atoms with E-state index in [-0.39, 0.29) is 5.97 Å². The van der Waals surface area contributed by atoms with Crippen LogP contribution in [-0.2, 0) is 9.53 Å². The van der Waals surface area contributed by atoms with E-state index in [1.54, 1.807) is 0 Å². The van der Waals surface area contributed by atoms with E-state index in [1.165, 1.54) is 39.2 Å². The molecule has 0 amide bonds. The second kappa shape index (κ2) is 5.88. The fourth-order valence-electron chi connectivity index (χ4n) is 4.01. The van der Waals surface area contributed by atoms with Crippen LogP contribution < -0.4 is 5.32 Å². The molecule has 1 N–H and O–H groups in total. The lowest BCUT2D eigenvalue weighted by molar-refractivity contribution is -0.152. The molecular formula is C17H30N2O2. The van der Waals surface area contributed by atoms with E-state index >= 15 is 0 Å². The molecule has 120 valence electrons. The highest BCUT2D eigenvalue weighted by Crippen LogP contribution is 2.43. The molecule has 1 aliphatic heterocycles. The van der Waals surface area contributed by atoms with Crippen molar-refractivity contribution in [2.24, 2.45) is 5.92 Å². The summed E-state index contributed by atoms with van der Waals surface area (Å²) >= 11 is 0. The molecule has 0 spiro atoms. The molecule has 0 bridgehead atoms. The van der Waals surface area contributed by atoms with Crippen LogP contribution in [0, 0.1) is 5.92 Å². The minimum Gasteiger partial charge on any atom is -0.468 e. The molecule has 4 heteroatoms. The van der Waals surface area contributed by atoms with Crippen molar-refractivity contribution in [3.05, 3.63) is 0 Å². The quantitative estimate of drug-likeness (QED) is 0.763. The lowest BCUT2D eigenvalue weighted by atomic mass is 9.88. The summed E-state index contributed by atoms with van der Waals surface area (Å²) in [6.07, 6.45) is 8.53. The zero-order valence-electron chi connectivity index (χ0n) is 13.7. The third-order valence-corrected chi connectivity index (χ3v) is 5.67. The zero-order chi connectivity index (χ0) is 15.0. The average Bonchev–Trinajstić information content (AvgIpc) is 3.33. The van der Waals surface area contributed by atoms with Gasteiger partial charge in [-0.2, -0.15) is 0 Å². The minimum absolute atomic E-state index is 0.0399. The monoisotopic (exact) mass is 294 g/mol. The molecule has 1 unspecified atom stereocenters. The average molecular weight is 294 g/mol. The Hall–Kier alpha value is -0.610. The van der Waals surface area contributed by atoms with Crippen molar-refractivity contribution in [3.63, 3.8) is 0 Å². The van der Waals surface area contributed by atoms with Gasteiger partial charge < -0.3 is 4.74 Å². The van der Waals surface area contributed by atoms with E-state index < -0.39 is 5.54 Å². The van der Waals surface area contributed by atoms with Gasteiger partial charge in [-0.05, 0) is 58.3 Å². The van der Waals surface area contributed by atoms with E-state index in [0.29, 0.717) is 24.0 Å². The third kappa shape index (κ3) is 3.11. The molecule has 3 atom stereocenters. The second-order valence-electron chi connectivity index (χ2n) is 7.46. The molecule has 2 saturated carbocycles. The van der Waals surface area contributed by atoms with Crippen molar-refractivity contribution in [1.82, 2.24) is 10.2 Å². The van der Waals surface area contributed by atoms with Gasteiger partial charge in [0.1, 0.15) is 5.54 Å². The maximum atomic E-state index is 12.7. The Balaban J connectivity index is 1.81. The maximum absolute atomic E-state index is 12.7. The van der Waals surface area contributed by atoms with E-state index in [9.17, 15) is 4.79 Å². The minimum atomic E-state index is -0.463. The molecule has 2 aliphatic carbocycles. The van der Waals surface area contributed by atoms with Gasteiger partial charge in [-0.25, -0.2) is 4.79 Å². The summed E-state index contributed by atoms with van der Waals surface area (Å²) in [6.45, 7) is 5.44. The number of rotatable bonds is 6. The molecule has 0 radical (unpaired) electrons. The molecule has 3 aliphatic rings. The van der Waals surface area contributed by atoms with E-state index in [4.69, 9.17) is 4.74 Å². The molecule has 1 heterocycles. The van der Waals surface area contributed by atoms with Crippen LogP contribution >= 0.6 is 0 Å². The first-order chi connectivity index (χ1) is 10.1. The first-order valence-electron chi connectivity index (χ1n) is 8.68. The van der Waals surface area contributed by atoms with E-state index in [0.717, 1.165) is 19.4 Å². The van der Waals surface area contributed by atoms with Crippen molar-refractivity contribution in [1.29, 1.82) is 0 Å². The lowest BCUT2D eigenvalue weighted by Crippen LogP contribution is -2.64. The summed E-state index contributed by atoms with van der Waals surface area (Å²) in [5.74, 6) is 0.425. The summed E-state index contributed by atoms with van der Waals surface area (Å²) in [5.41, 5.74) is -0.463. The lowest BCUT2D eigenvalue weighted by Gasteiger charge is -2.45. The van der Waals surface area contributed by atoms with Crippen LogP contribution in [0.3, 0.4) is 0 Å². The van der Waals surface area contributed by atoms with E-state index in [1.807, 2.05) is 0 Å². The zero-order valence-corrected chi connectivity index (χ0v) is 13.7. The number of hydrogen-bond donors (Lipinski definition) is 1. The molecule has 0 aromatic heterocycles. The normalized spacial score (nSPS) is 33.5. The smallest absolute Gasteiger partial charge is 0.327 e. The van der Waals surface area contributed by atoms with Gasteiger partial charge in [-0.3, -0.25) is 10.2 Å². The van der Waals surface area contributed by atoms with Crippen molar-refractivity contribution in [2.75, 3.05) is 13.7 Å². The molecule has 0 aromatic rings. The molecule has 0 aromatic carbocycles. The number of ether oxygens (including phenoxy) is 1. The predicted molar refractivity (Wildman–Crippen MR) is 83.1 cm³/mol. The molecule has 3 rings (SSSR count). The van der Waals surface area contributed by atoms with Gasteiger partial charge in [-0.1, -0.05) is 6.42 Å². The molecule has 21 heavy (non-hydrogen) atoms. The number of methoxy groups -OCH3 is 1. The highest BCUT2D eigenvalue weighted by molar-refractivity contribution is 5.82. The Morgan fingerprint density at radius 1 is 1.14 bits per heavy atom. The van der Waals surface area contributed by atoms with Gasteiger partial charge in [0.25, 0.3) is 0 Å². The van der Waals surface area contributed by atoms with Gasteiger partial charge in [-0.15, -0.1) is 0 Å². The number of nitrogens with zero attached hydrogens (tertiary/aromatic N) is 1. The highest BCUT2D eigenvalue weighted by atomic mass is 16.5. The fourth-order valence-corrected chi connectivity index (χ4v) is 4.01. The number of esters is 1. The van der Waals surface area contributed by atoms with E-state index in [2.05, 4.69) is 24.1 Å². The van der Waals surface area contributed by atoms with Crippen molar-refractivity contribution in [3.8, 4) is 0 Å². The highest BCUT2D eigenvalue weighted by Gasteiger charge is 2.55. The van der Waals surface area contributed by atoms with Crippen LogP contribution in [0.5, 0.6) is 0 Å².